The van der Waals surface area contributed by atoms with Gasteiger partial charge in [0.1, 0.15) is 12.4 Å². The van der Waals surface area contributed by atoms with Gasteiger partial charge in [-0.2, -0.15) is 13.2 Å². The first-order valence-corrected chi connectivity index (χ1v) is 6.56. The van der Waals surface area contributed by atoms with Gasteiger partial charge in [-0.1, -0.05) is 13.8 Å². The van der Waals surface area contributed by atoms with Crippen molar-refractivity contribution < 1.29 is 13.2 Å². The summed E-state index contributed by atoms with van der Waals surface area (Å²) in [5.41, 5.74) is 0.428. The van der Waals surface area contributed by atoms with Crippen LogP contribution in [0, 0.1) is 17.3 Å². The fourth-order valence-corrected chi connectivity index (χ4v) is 3.37. The van der Waals surface area contributed by atoms with Crippen LogP contribution in [0.2, 0.25) is 0 Å². The first-order chi connectivity index (χ1) is 8.77. The fraction of sp³-hybridized carbons (Fsp3) is 0.769. The number of halogens is 3. The van der Waals surface area contributed by atoms with Crippen molar-refractivity contribution in [2.24, 2.45) is 17.3 Å². The summed E-state index contributed by atoms with van der Waals surface area (Å²) in [4.78, 5) is 6.28. The molecule has 2 fully saturated rings. The van der Waals surface area contributed by atoms with Crippen LogP contribution in [0.25, 0.3) is 0 Å². The lowest BCUT2D eigenvalue weighted by atomic mass is 10.1. The Morgan fingerprint density at radius 3 is 2.53 bits per heavy atom. The zero-order valence-corrected chi connectivity index (χ0v) is 11.1. The highest BCUT2D eigenvalue weighted by molar-refractivity contribution is 5.12. The minimum absolute atomic E-state index is 0.428. The second-order valence-electron chi connectivity index (χ2n) is 6.31. The average Bonchev–Trinajstić information content (AvgIpc) is 2.72. The Kier molecular flexibility index (Phi) is 2.71. The van der Waals surface area contributed by atoms with Crippen LogP contribution >= 0.6 is 0 Å². The van der Waals surface area contributed by atoms with E-state index < -0.39 is 12.7 Å². The third-order valence-corrected chi connectivity index (χ3v) is 4.71. The quantitative estimate of drug-likeness (QED) is 0.844. The molecular weight excluding hydrogens is 255 g/mol. The van der Waals surface area contributed by atoms with Gasteiger partial charge in [-0.3, -0.25) is 4.90 Å². The SMILES string of the molecule is CC1(C)[C@@H]2CN(Cc3nccn3CC(F)(F)F)C[C@H]21. The highest BCUT2D eigenvalue weighted by atomic mass is 19.4. The Morgan fingerprint density at radius 1 is 1.32 bits per heavy atom. The van der Waals surface area contributed by atoms with E-state index in [0.717, 1.165) is 13.1 Å². The number of alkyl halides is 3. The minimum atomic E-state index is -4.19. The van der Waals surface area contributed by atoms with Crippen molar-refractivity contribution in [3.63, 3.8) is 0 Å². The third kappa shape index (κ3) is 2.38. The van der Waals surface area contributed by atoms with Gasteiger partial charge in [0.2, 0.25) is 0 Å². The third-order valence-electron chi connectivity index (χ3n) is 4.71. The molecule has 2 heterocycles. The molecule has 1 aromatic heterocycles. The summed E-state index contributed by atoms with van der Waals surface area (Å²) >= 11 is 0. The molecule has 0 radical (unpaired) electrons. The second kappa shape index (κ2) is 3.98. The van der Waals surface area contributed by atoms with Gasteiger partial charge in [-0.05, 0) is 17.3 Å². The normalized spacial score (nSPS) is 29.5. The van der Waals surface area contributed by atoms with Gasteiger partial charge in [-0.25, -0.2) is 4.98 Å². The highest BCUT2D eigenvalue weighted by Gasteiger charge is 2.61. The molecule has 3 nitrogen and oxygen atoms in total. The largest absolute Gasteiger partial charge is 0.406 e. The summed E-state index contributed by atoms with van der Waals surface area (Å²) in [7, 11) is 0. The number of hydrogen-bond acceptors (Lipinski definition) is 2. The molecule has 106 valence electrons. The van der Waals surface area contributed by atoms with Crippen molar-refractivity contribution in [2.75, 3.05) is 13.1 Å². The molecule has 1 saturated heterocycles. The molecule has 0 bridgehead atoms. The van der Waals surface area contributed by atoms with Crippen LogP contribution in [0.1, 0.15) is 19.7 Å². The van der Waals surface area contributed by atoms with E-state index in [2.05, 4.69) is 23.7 Å². The van der Waals surface area contributed by atoms with E-state index in [9.17, 15) is 13.2 Å². The molecule has 19 heavy (non-hydrogen) atoms. The predicted molar refractivity (Wildman–Crippen MR) is 64.3 cm³/mol. The lowest BCUT2D eigenvalue weighted by molar-refractivity contribution is -0.141. The molecule has 1 aliphatic carbocycles. The van der Waals surface area contributed by atoms with E-state index in [4.69, 9.17) is 0 Å². The van der Waals surface area contributed by atoms with Gasteiger partial charge < -0.3 is 4.57 Å². The van der Waals surface area contributed by atoms with Crippen LogP contribution < -0.4 is 0 Å². The summed E-state index contributed by atoms with van der Waals surface area (Å²) in [5, 5.41) is 0. The van der Waals surface area contributed by atoms with E-state index in [-0.39, 0.29) is 0 Å². The Bertz CT molecular complexity index is 464. The fourth-order valence-electron chi connectivity index (χ4n) is 3.37. The number of imidazole rings is 1. The second-order valence-corrected chi connectivity index (χ2v) is 6.31. The number of hydrogen-bond donors (Lipinski definition) is 0. The van der Waals surface area contributed by atoms with Crippen molar-refractivity contribution in [3.8, 4) is 0 Å². The van der Waals surface area contributed by atoms with E-state index >= 15 is 0 Å². The summed E-state index contributed by atoms with van der Waals surface area (Å²) in [6.45, 7) is 6.07. The van der Waals surface area contributed by atoms with E-state index in [1.54, 1.807) is 0 Å². The van der Waals surface area contributed by atoms with Crippen LogP contribution in [0.5, 0.6) is 0 Å². The Balaban J connectivity index is 1.61. The lowest BCUT2D eigenvalue weighted by Crippen LogP contribution is -2.28. The topological polar surface area (TPSA) is 21.1 Å². The molecule has 0 amide bonds. The highest BCUT2D eigenvalue weighted by Crippen LogP contribution is 2.62. The van der Waals surface area contributed by atoms with Crippen LogP contribution in [0.4, 0.5) is 13.2 Å². The monoisotopic (exact) mass is 273 g/mol. The molecule has 0 spiro atoms. The number of nitrogens with zero attached hydrogens (tertiary/aromatic N) is 3. The molecule has 0 unspecified atom stereocenters. The van der Waals surface area contributed by atoms with Gasteiger partial charge in [0.05, 0.1) is 6.54 Å². The van der Waals surface area contributed by atoms with Gasteiger partial charge in [0.15, 0.2) is 0 Å². The van der Waals surface area contributed by atoms with Gasteiger partial charge in [0, 0.05) is 25.5 Å². The van der Waals surface area contributed by atoms with E-state index in [0.29, 0.717) is 29.6 Å². The predicted octanol–water partition coefficient (Wildman–Crippen LogP) is 2.53. The number of likely N-dealkylation sites (tertiary alicyclic amines) is 1. The van der Waals surface area contributed by atoms with Crippen LogP contribution in [-0.2, 0) is 13.1 Å². The number of piperidine rings is 1. The van der Waals surface area contributed by atoms with Crippen LogP contribution in [-0.4, -0.2) is 33.7 Å². The number of rotatable bonds is 3. The summed E-state index contributed by atoms with van der Waals surface area (Å²) < 4.78 is 38.5. The summed E-state index contributed by atoms with van der Waals surface area (Å²) in [5.74, 6) is 1.92. The van der Waals surface area contributed by atoms with Crippen molar-refractivity contribution in [1.82, 2.24) is 14.5 Å². The molecule has 1 saturated carbocycles. The maximum Gasteiger partial charge on any atom is 0.406 e. The molecule has 0 aromatic carbocycles. The smallest absolute Gasteiger partial charge is 0.325 e. The molecule has 2 aliphatic rings. The summed E-state index contributed by atoms with van der Waals surface area (Å²) in [6, 6.07) is 0. The maximum atomic E-state index is 12.4. The Labute approximate surface area is 110 Å². The number of fused-ring (bicyclic) bond motifs is 1. The molecular formula is C13H18F3N3. The Hall–Kier alpha value is -1.04. The first-order valence-electron chi connectivity index (χ1n) is 6.56. The Morgan fingerprint density at radius 2 is 1.95 bits per heavy atom. The molecule has 1 aliphatic heterocycles. The molecule has 2 atom stereocenters. The maximum absolute atomic E-state index is 12.4. The number of aromatic nitrogens is 2. The van der Waals surface area contributed by atoms with Crippen molar-refractivity contribution >= 4 is 0 Å². The van der Waals surface area contributed by atoms with Gasteiger partial charge >= 0.3 is 6.18 Å². The lowest BCUT2D eigenvalue weighted by Gasteiger charge is -2.22. The summed E-state index contributed by atoms with van der Waals surface area (Å²) in [6.07, 6.45) is -1.34. The molecule has 3 rings (SSSR count). The minimum Gasteiger partial charge on any atom is -0.325 e. The molecule has 0 N–H and O–H groups in total. The van der Waals surface area contributed by atoms with Crippen molar-refractivity contribution in [3.05, 3.63) is 18.2 Å². The van der Waals surface area contributed by atoms with Crippen LogP contribution in [0.3, 0.4) is 0 Å². The van der Waals surface area contributed by atoms with Crippen molar-refractivity contribution in [2.45, 2.75) is 33.1 Å². The van der Waals surface area contributed by atoms with Gasteiger partial charge in [-0.15, -0.1) is 0 Å². The zero-order valence-electron chi connectivity index (χ0n) is 11.1. The van der Waals surface area contributed by atoms with Crippen molar-refractivity contribution in [1.29, 1.82) is 0 Å². The average molecular weight is 273 g/mol. The molecule has 1 aromatic rings. The zero-order chi connectivity index (χ0) is 13.8. The molecule has 6 heteroatoms. The first kappa shape index (κ1) is 13.0. The standard InChI is InChI=1S/C13H18F3N3/c1-12(2)9-5-18(6-10(9)12)7-11-17-3-4-19(11)8-13(14,15)16/h3-4,9-10H,5-8H2,1-2H3/t9-,10-/m1/s1. The van der Waals surface area contributed by atoms with Gasteiger partial charge in [0.25, 0.3) is 0 Å². The van der Waals surface area contributed by atoms with E-state index in [1.165, 1.54) is 17.0 Å². The van der Waals surface area contributed by atoms with Crippen LogP contribution in [0.15, 0.2) is 12.4 Å². The van der Waals surface area contributed by atoms with E-state index in [1.807, 2.05) is 0 Å².